The summed E-state index contributed by atoms with van der Waals surface area (Å²) in [4.78, 5) is 1.12. The third-order valence-corrected chi connectivity index (χ3v) is 4.40. The van der Waals surface area contributed by atoms with E-state index in [9.17, 15) is 5.11 Å². The van der Waals surface area contributed by atoms with Gasteiger partial charge in [0.1, 0.15) is 12.4 Å². The molecule has 2 rings (SSSR count). The molecule has 18 heavy (non-hydrogen) atoms. The Morgan fingerprint density at radius 1 is 1.44 bits per heavy atom. The van der Waals surface area contributed by atoms with Crippen LogP contribution in [0.1, 0.15) is 23.5 Å². The lowest BCUT2D eigenvalue weighted by Crippen LogP contribution is -1.96. The van der Waals surface area contributed by atoms with Crippen LogP contribution < -0.4 is 4.74 Å². The van der Waals surface area contributed by atoms with Crippen LogP contribution in [0.4, 0.5) is 0 Å². The molecule has 96 valence electrons. The summed E-state index contributed by atoms with van der Waals surface area (Å²) in [7, 11) is 0. The SMILES string of the molecule is C[C@@H](O)c1ccc(OCc2cc(Br)cs2)c(Cl)c1. The van der Waals surface area contributed by atoms with E-state index in [4.69, 9.17) is 16.3 Å². The average Bonchev–Trinajstić information content (AvgIpc) is 2.73. The van der Waals surface area contributed by atoms with Crippen molar-refractivity contribution in [2.24, 2.45) is 0 Å². The molecule has 5 heteroatoms. The summed E-state index contributed by atoms with van der Waals surface area (Å²) in [5.41, 5.74) is 0.784. The van der Waals surface area contributed by atoms with Crippen molar-refractivity contribution in [1.82, 2.24) is 0 Å². The predicted molar refractivity (Wildman–Crippen MR) is 78.4 cm³/mol. The predicted octanol–water partition coefficient (Wildman–Crippen LogP) is 4.80. The summed E-state index contributed by atoms with van der Waals surface area (Å²) in [6, 6.07) is 7.35. The van der Waals surface area contributed by atoms with Crippen LogP contribution in [0.5, 0.6) is 5.75 Å². The molecule has 0 bridgehead atoms. The van der Waals surface area contributed by atoms with Crippen LogP contribution in [-0.2, 0) is 6.61 Å². The van der Waals surface area contributed by atoms with Crippen molar-refractivity contribution < 1.29 is 9.84 Å². The first kappa shape index (κ1) is 13.9. The molecular formula is C13H12BrClO2S. The van der Waals surface area contributed by atoms with E-state index in [1.165, 1.54) is 0 Å². The molecule has 0 spiro atoms. The van der Waals surface area contributed by atoms with Crippen LogP contribution in [0.25, 0.3) is 0 Å². The molecule has 1 aromatic carbocycles. The lowest BCUT2D eigenvalue weighted by Gasteiger charge is -2.10. The van der Waals surface area contributed by atoms with Gasteiger partial charge in [0.25, 0.3) is 0 Å². The van der Waals surface area contributed by atoms with Gasteiger partial charge in [0.15, 0.2) is 0 Å². The van der Waals surface area contributed by atoms with Gasteiger partial charge in [-0.1, -0.05) is 17.7 Å². The largest absolute Gasteiger partial charge is 0.487 e. The normalized spacial score (nSPS) is 12.4. The average molecular weight is 348 g/mol. The topological polar surface area (TPSA) is 29.5 Å². The molecular weight excluding hydrogens is 336 g/mol. The zero-order valence-electron chi connectivity index (χ0n) is 9.69. The number of hydrogen-bond acceptors (Lipinski definition) is 3. The third kappa shape index (κ3) is 3.48. The molecule has 0 aliphatic heterocycles. The second kappa shape index (κ2) is 6.06. The molecule has 1 aromatic heterocycles. The Morgan fingerprint density at radius 2 is 2.22 bits per heavy atom. The van der Waals surface area contributed by atoms with Gasteiger partial charge in [-0.3, -0.25) is 0 Å². The molecule has 2 aromatic rings. The van der Waals surface area contributed by atoms with Crippen molar-refractivity contribution in [2.75, 3.05) is 0 Å². The number of halogens is 2. The second-order valence-electron chi connectivity index (χ2n) is 3.89. The Labute approximate surface area is 123 Å². The third-order valence-electron chi connectivity index (χ3n) is 2.43. The van der Waals surface area contributed by atoms with Gasteiger partial charge in [0.2, 0.25) is 0 Å². The Balaban J connectivity index is 2.05. The van der Waals surface area contributed by atoms with Gasteiger partial charge in [-0.05, 0) is 46.6 Å². The number of thiophene rings is 1. The Bertz CT molecular complexity index is 540. The maximum Gasteiger partial charge on any atom is 0.138 e. The van der Waals surface area contributed by atoms with E-state index in [0.717, 1.165) is 14.9 Å². The summed E-state index contributed by atoms with van der Waals surface area (Å²) in [5, 5.41) is 12.0. The molecule has 1 N–H and O–H groups in total. The van der Waals surface area contributed by atoms with E-state index in [1.54, 1.807) is 30.4 Å². The molecule has 1 heterocycles. The molecule has 1 atom stereocenters. The van der Waals surface area contributed by atoms with Crippen LogP contribution >= 0.6 is 38.9 Å². The number of aliphatic hydroxyl groups excluding tert-OH is 1. The highest BCUT2D eigenvalue weighted by atomic mass is 79.9. The molecule has 0 fully saturated rings. The van der Waals surface area contributed by atoms with Gasteiger partial charge in [-0.2, -0.15) is 0 Å². The van der Waals surface area contributed by atoms with E-state index < -0.39 is 6.10 Å². The summed E-state index contributed by atoms with van der Waals surface area (Å²) < 4.78 is 6.70. The molecule has 0 aliphatic carbocycles. The molecule has 0 aliphatic rings. The molecule has 0 saturated carbocycles. The van der Waals surface area contributed by atoms with Crippen molar-refractivity contribution >= 4 is 38.9 Å². The molecule has 0 saturated heterocycles. The number of benzene rings is 1. The molecule has 0 radical (unpaired) electrons. The summed E-state index contributed by atoms with van der Waals surface area (Å²) in [5.74, 6) is 0.630. The van der Waals surface area contributed by atoms with Crippen LogP contribution in [0.15, 0.2) is 34.1 Å². The summed E-state index contributed by atoms with van der Waals surface area (Å²) in [6.07, 6.45) is -0.523. The Morgan fingerprint density at radius 3 is 2.78 bits per heavy atom. The first-order valence-electron chi connectivity index (χ1n) is 5.39. The van der Waals surface area contributed by atoms with E-state index in [0.29, 0.717) is 17.4 Å². The standard InChI is InChI=1S/C13H12BrClO2S/c1-8(16)9-2-3-13(12(15)4-9)17-6-11-5-10(14)7-18-11/h2-5,7-8,16H,6H2,1H3/t8-/m1/s1. The van der Waals surface area contributed by atoms with Gasteiger partial charge >= 0.3 is 0 Å². The first-order chi connectivity index (χ1) is 8.56. The van der Waals surface area contributed by atoms with Crippen LogP contribution in [0.3, 0.4) is 0 Å². The molecule has 0 unspecified atom stereocenters. The van der Waals surface area contributed by atoms with Gasteiger partial charge in [0.05, 0.1) is 11.1 Å². The Kier molecular flexibility index (Phi) is 4.67. The van der Waals surface area contributed by atoms with Crippen LogP contribution in [0.2, 0.25) is 5.02 Å². The smallest absolute Gasteiger partial charge is 0.138 e. The van der Waals surface area contributed by atoms with Crippen molar-refractivity contribution in [3.8, 4) is 5.75 Å². The minimum absolute atomic E-state index is 0.490. The molecule has 0 amide bonds. The zero-order valence-corrected chi connectivity index (χ0v) is 12.8. The number of rotatable bonds is 4. The lowest BCUT2D eigenvalue weighted by molar-refractivity contribution is 0.199. The van der Waals surface area contributed by atoms with Crippen LogP contribution in [0, 0.1) is 0 Å². The fourth-order valence-electron chi connectivity index (χ4n) is 1.47. The summed E-state index contributed by atoms with van der Waals surface area (Å²) in [6.45, 7) is 2.19. The fraction of sp³-hybridized carbons (Fsp3) is 0.231. The maximum absolute atomic E-state index is 9.45. The van der Waals surface area contributed by atoms with Gasteiger partial charge in [-0.15, -0.1) is 11.3 Å². The van der Waals surface area contributed by atoms with E-state index >= 15 is 0 Å². The minimum Gasteiger partial charge on any atom is -0.487 e. The van der Waals surface area contributed by atoms with Crippen molar-refractivity contribution in [3.63, 3.8) is 0 Å². The van der Waals surface area contributed by atoms with E-state index in [2.05, 4.69) is 15.9 Å². The number of hydrogen-bond donors (Lipinski definition) is 1. The van der Waals surface area contributed by atoms with E-state index in [1.807, 2.05) is 17.5 Å². The van der Waals surface area contributed by atoms with Crippen LogP contribution in [-0.4, -0.2) is 5.11 Å². The molecule has 2 nitrogen and oxygen atoms in total. The van der Waals surface area contributed by atoms with Gasteiger partial charge < -0.3 is 9.84 Å². The zero-order chi connectivity index (χ0) is 13.1. The van der Waals surface area contributed by atoms with Crippen molar-refractivity contribution in [1.29, 1.82) is 0 Å². The highest BCUT2D eigenvalue weighted by Crippen LogP contribution is 2.29. The quantitative estimate of drug-likeness (QED) is 0.861. The lowest BCUT2D eigenvalue weighted by atomic mass is 10.1. The summed E-state index contributed by atoms with van der Waals surface area (Å²) >= 11 is 11.1. The van der Waals surface area contributed by atoms with Crippen molar-refractivity contribution in [3.05, 3.63) is 49.6 Å². The fourth-order valence-corrected chi connectivity index (χ4v) is 3.08. The maximum atomic E-state index is 9.45. The van der Waals surface area contributed by atoms with Crippen molar-refractivity contribution in [2.45, 2.75) is 19.6 Å². The second-order valence-corrected chi connectivity index (χ2v) is 6.20. The minimum atomic E-state index is -0.523. The van der Waals surface area contributed by atoms with Gasteiger partial charge in [0, 0.05) is 14.7 Å². The van der Waals surface area contributed by atoms with Gasteiger partial charge in [-0.25, -0.2) is 0 Å². The van der Waals surface area contributed by atoms with E-state index in [-0.39, 0.29) is 0 Å². The number of aliphatic hydroxyl groups is 1. The highest BCUT2D eigenvalue weighted by Gasteiger charge is 2.07. The Hall–Kier alpha value is -0.550. The monoisotopic (exact) mass is 346 g/mol. The highest BCUT2D eigenvalue weighted by molar-refractivity contribution is 9.10. The first-order valence-corrected chi connectivity index (χ1v) is 7.44. The number of ether oxygens (including phenoxy) is 1.